The smallest absolute Gasteiger partial charge is 0.307 e. The van der Waals surface area contributed by atoms with Crippen LogP contribution in [0.25, 0.3) is 11.5 Å². The lowest BCUT2D eigenvalue weighted by Gasteiger charge is -2.11. The number of nitrogens with zero attached hydrogens (tertiary/aromatic N) is 3. The molecule has 0 radical (unpaired) electrons. The SMILES string of the molecule is O=C(O)C1CCN(Cc2nnc(-c3ccccc3Cl)o2)C1. The highest BCUT2D eigenvalue weighted by atomic mass is 35.5. The van der Waals surface area contributed by atoms with Gasteiger partial charge in [-0.2, -0.15) is 0 Å². The fraction of sp³-hybridized carbons (Fsp3) is 0.357. The fourth-order valence-corrected chi connectivity index (χ4v) is 2.65. The zero-order valence-corrected chi connectivity index (χ0v) is 12.0. The van der Waals surface area contributed by atoms with Gasteiger partial charge in [-0.25, -0.2) is 0 Å². The van der Waals surface area contributed by atoms with Gasteiger partial charge in [0.05, 0.1) is 23.0 Å². The van der Waals surface area contributed by atoms with Crippen LogP contribution in [0.2, 0.25) is 5.02 Å². The number of carboxylic acid groups (broad SMARTS) is 1. The standard InChI is InChI=1S/C14H14ClN3O3/c15-11-4-2-1-3-10(11)13-17-16-12(21-13)8-18-6-5-9(7-18)14(19)20/h1-4,9H,5-8H2,(H,19,20). The Labute approximate surface area is 126 Å². The number of benzene rings is 1. The van der Waals surface area contributed by atoms with E-state index in [2.05, 4.69) is 10.2 Å². The van der Waals surface area contributed by atoms with Crippen molar-refractivity contribution in [1.29, 1.82) is 0 Å². The van der Waals surface area contributed by atoms with Crippen LogP contribution in [0.15, 0.2) is 28.7 Å². The summed E-state index contributed by atoms with van der Waals surface area (Å²) < 4.78 is 5.61. The molecule has 1 fully saturated rings. The van der Waals surface area contributed by atoms with Crippen molar-refractivity contribution in [2.75, 3.05) is 13.1 Å². The molecule has 1 aliphatic rings. The number of carbonyl (C=O) groups is 1. The summed E-state index contributed by atoms with van der Waals surface area (Å²) >= 11 is 6.09. The summed E-state index contributed by atoms with van der Waals surface area (Å²) in [5.41, 5.74) is 0.697. The number of rotatable bonds is 4. The van der Waals surface area contributed by atoms with Crippen LogP contribution in [0.5, 0.6) is 0 Å². The summed E-state index contributed by atoms with van der Waals surface area (Å²) in [5.74, 6) is -0.212. The van der Waals surface area contributed by atoms with Gasteiger partial charge >= 0.3 is 5.97 Å². The molecule has 0 aliphatic carbocycles. The quantitative estimate of drug-likeness (QED) is 0.933. The molecule has 0 saturated carbocycles. The van der Waals surface area contributed by atoms with Crippen molar-refractivity contribution < 1.29 is 14.3 Å². The van der Waals surface area contributed by atoms with Crippen molar-refractivity contribution in [2.45, 2.75) is 13.0 Å². The zero-order chi connectivity index (χ0) is 14.8. The van der Waals surface area contributed by atoms with Gasteiger partial charge in [0, 0.05) is 6.54 Å². The highest BCUT2D eigenvalue weighted by Crippen LogP contribution is 2.27. The van der Waals surface area contributed by atoms with E-state index < -0.39 is 5.97 Å². The highest BCUT2D eigenvalue weighted by Gasteiger charge is 2.28. The molecule has 0 spiro atoms. The predicted octanol–water partition coefficient (Wildman–Crippen LogP) is 2.30. The van der Waals surface area contributed by atoms with Gasteiger partial charge in [-0.1, -0.05) is 23.7 Å². The number of halogens is 1. The van der Waals surface area contributed by atoms with Crippen LogP contribution in [0.1, 0.15) is 12.3 Å². The van der Waals surface area contributed by atoms with Crippen molar-refractivity contribution in [1.82, 2.24) is 15.1 Å². The molecule has 1 saturated heterocycles. The van der Waals surface area contributed by atoms with E-state index in [9.17, 15) is 4.79 Å². The van der Waals surface area contributed by atoms with Crippen LogP contribution in [-0.2, 0) is 11.3 Å². The van der Waals surface area contributed by atoms with Crippen molar-refractivity contribution >= 4 is 17.6 Å². The number of likely N-dealkylation sites (tertiary alicyclic amines) is 1. The Morgan fingerprint density at radius 1 is 1.43 bits per heavy atom. The average molecular weight is 308 g/mol. The summed E-state index contributed by atoms with van der Waals surface area (Å²) in [6.07, 6.45) is 0.654. The lowest BCUT2D eigenvalue weighted by atomic mass is 10.1. The molecule has 2 aromatic rings. The molecule has 1 unspecified atom stereocenters. The van der Waals surface area contributed by atoms with E-state index in [0.717, 1.165) is 6.54 Å². The van der Waals surface area contributed by atoms with Crippen LogP contribution in [0.4, 0.5) is 0 Å². The van der Waals surface area contributed by atoms with E-state index in [1.165, 1.54) is 0 Å². The van der Waals surface area contributed by atoms with Gasteiger partial charge in [-0.05, 0) is 25.1 Å². The Hall–Kier alpha value is -1.92. The minimum absolute atomic E-state index is 0.309. The maximum absolute atomic E-state index is 10.9. The lowest BCUT2D eigenvalue weighted by Crippen LogP contribution is -2.22. The van der Waals surface area contributed by atoms with E-state index in [1.807, 2.05) is 23.1 Å². The highest BCUT2D eigenvalue weighted by molar-refractivity contribution is 6.33. The maximum Gasteiger partial charge on any atom is 0.307 e. The molecule has 6 nitrogen and oxygen atoms in total. The summed E-state index contributed by atoms with van der Waals surface area (Å²) in [5, 5.41) is 17.5. The molecule has 1 aliphatic heterocycles. The Morgan fingerprint density at radius 2 is 2.24 bits per heavy atom. The Morgan fingerprint density at radius 3 is 2.95 bits per heavy atom. The number of aromatic nitrogens is 2. The van der Waals surface area contributed by atoms with Gasteiger partial charge < -0.3 is 9.52 Å². The van der Waals surface area contributed by atoms with Crippen LogP contribution < -0.4 is 0 Å². The summed E-state index contributed by atoms with van der Waals surface area (Å²) in [4.78, 5) is 12.9. The first-order chi connectivity index (χ1) is 10.1. The van der Waals surface area contributed by atoms with Crippen LogP contribution in [0, 0.1) is 5.92 Å². The molecule has 21 heavy (non-hydrogen) atoms. The first kappa shape index (κ1) is 14.0. The van der Waals surface area contributed by atoms with Crippen LogP contribution in [0.3, 0.4) is 0 Å². The zero-order valence-electron chi connectivity index (χ0n) is 11.2. The minimum Gasteiger partial charge on any atom is -0.481 e. The third-order valence-corrected chi connectivity index (χ3v) is 3.88. The van der Waals surface area contributed by atoms with Crippen molar-refractivity contribution in [3.63, 3.8) is 0 Å². The first-order valence-corrected chi connectivity index (χ1v) is 7.03. The van der Waals surface area contributed by atoms with Crippen molar-refractivity contribution in [2.24, 2.45) is 5.92 Å². The molecule has 1 aromatic carbocycles. The summed E-state index contributed by atoms with van der Waals surface area (Å²) in [6.45, 7) is 1.70. The molecule has 3 rings (SSSR count). The number of hydrogen-bond acceptors (Lipinski definition) is 5. The van der Waals surface area contributed by atoms with Gasteiger partial charge in [-0.3, -0.25) is 9.69 Å². The summed E-state index contributed by atoms with van der Waals surface area (Å²) in [7, 11) is 0. The third-order valence-electron chi connectivity index (χ3n) is 3.55. The van der Waals surface area contributed by atoms with E-state index in [0.29, 0.717) is 41.9 Å². The number of carboxylic acids is 1. The van der Waals surface area contributed by atoms with Gasteiger partial charge in [0.1, 0.15) is 0 Å². The molecule has 7 heteroatoms. The molecule has 0 bridgehead atoms. The second-order valence-electron chi connectivity index (χ2n) is 5.04. The third kappa shape index (κ3) is 3.06. The predicted molar refractivity (Wildman–Crippen MR) is 75.8 cm³/mol. The van der Waals surface area contributed by atoms with E-state index in [1.54, 1.807) is 6.07 Å². The molecule has 1 N–H and O–H groups in total. The molecular weight excluding hydrogens is 294 g/mol. The first-order valence-electron chi connectivity index (χ1n) is 6.66. The number of aliphatic carboxylic acids is 1. The second kappa shape index (κ2) is 5.83. The normalized spacial score (nSPS) is 19.0. The summed E-state index contributed by atoms with van der Waals surface area (Å²) in [6, 6.07) is 7.26. The van der Waals surface area contributed by atoms with Gasteiger partial charge in [0.15, 0.2) is 0 Å². The molecule has 110 valence electrons. The van der Waals surface area contributed by atoms with Gasteiger partial charge in [0.2, 0.25) is 11.8 Å². The molecule has 2 heterocycles. The second-order valence-corrected chi connectivity index (χ2v) is 5.45. The van der Waals surface area contributed by atoms with E-state index in [-0.39, 0.29) is 5.92 Å². The Kier molecular flexibility index (Phi) is 3.90. The molecule has 1 atom stereocenters. The topological polar surface area (TPSA) is 79.5 Å². The Balaban J connectivity index is 1.69. The van der Waals surface area contributed by atoms with Gasteiger partial charge in [0.25, 0.3) is 0 Å². The van der Waals surface area contributed by atoms with Crippen LogP contribution in [-0.4, -0.2) is 39.3 Å². The fourth-order valence-electron chi connectivity index (χ4n) is 2.43. The molecule has 1 aromatic heterocycles. The molecule has 0 amide bonds. The molecular formula is C14H14ClN3O3. The van der Waals surface area contributed by atoms with Crippen molar-refractivity contribution in [3.8, 4) is 11.5 Å². The van der Waals surface area contributed by atoms with E-state index in [4.69, 9.17) is 21.1 Å². The maximum atomic E-state index is 10.9. The minimum atomic E-state index is -0.750. The number of hydrogen-bond donors (Lipinski definition) is 1. The monoisotopic (exact) mass is 307 g/mol. The Bertz CT molecular complexity index is 658. The average Bonchev–Trinajstić information content (AvgIpc) is 3.09. The van der Waals surface area contributed by atoms with E-state index >= 15 is 0 Å². The van der Waals surface area contributed by atoms with Gasteiger partial charge in [-0.15, -0.1) is 10.2 Å². The van der Waals surface area contributed by atoms with Crippen molar-refractivity contribution in [3.05, 3.63) is 35.2 Å². The van der Waals surface area contributed by atoms with Crippen LogP contribution >= 0.6 is 11.6 Å². The largest absolute Gasteiger partial charge is 0.481 e. The lowest BCUT2D eigenvalue weighted by molar-refractivity contribution is -0.141.